The van der Waals surface area contributed by atoms with Gasteiger partial charge in [0, 0.05) is 29.8 Å². The smallest absolute Gasteiger partial charge is 0.194 e. The van der Waals surface area contributed by atoms with E-state index in [1.807, 2.05) is 0 Å². The molecule has 4 N–H and O–H groups in total. The van der Waals surface area contributed by atoms with Crippen LogP contribution in [0.25, 0.3) is 0 Å². The third-order valence-electron chi connectivity index (χ3n) is 3.09. The van der Waals surface area contributed by atoms with Crippen molar-refractivity contribution < 1.29 is 13.2 Å². The van der Waals surface area contributed by atoms with Gasteiger partial charge in [0.2, 0.25) is 0 Å². The van der Waals surface area contributed by atoms with E-state index in [2.05, 4.69) is 20.7 Å². The zero-order chi connectivity index (χ0) is 15.0. The van der Waals surface area contributed by atoms with Crippen LogP contribution < -0.4 is 16.6 Å². The quantitative estimate of drug-likeness (QED) is 0.459. The van der Waals surface area contributed by atoms with Crippen LogP contribution in [0.5, 0.6) is 0 Å². The van der Waals surface area contributed by atoms with E-state index >= 15 is 0 Å². The van der Waals surface area contributed by atoms with Gasteiger partial charge in [-0.05, 0) is 12.8 Å². The molecule has 1 heterocycles. The number of nitrogens with zero attached hydrogens (tertiary/aromatic N) is 2. The van der Waals surface area contributed by atoms with Gasteiger partial charge in [-0.1, -0.05) is 0 Å². The molecule has 1 aromatic carbocycles. The zero-order valence-corrected chi connectivity index (χ0v) is 10.8. The van der Waals surface area contributed by atoms with Crippen molar-refractivity contribution in [3.05, 3.63) is 41.5 Å². The molecule has 110 valence electrons. The maximum atomic E-state index is 13.2. The summed E-state index contributed by atoms with van der Waals surface area (Å²) in [6, 6.07) is 3.20. The van der Waals surface area contributed by atoms with Crippen LogP contribution in [-0.2, 0) is 0 Å². The lowest BCUT2D eigenvalue weighted by molar-refractivity contribution is 0.448. The Morgan fingerprint density at radius 2 is 1.62 bits per heavy atom. The molecule has 0 saturated heterocycles. The van der Waals surface area contributed by atoms with Crippen LogP contribution in [0.3, 0.4) is 0 Å². The maximum absolute atomic E-state index is 13.2. The summed E-state index contributed by atoms with van der Waals surface area (Å²) in [5, 5.41) is 2.72. The van der Waals surface area contributed by atoms with Crippen LogP contribution in [0.15, 0.2) is 18.2 Å². The minimum atomic E-state index is -1.51. The van der Waals surface area contributed by atoms with Gasteiger partial charge in [-0.3, -0.25) is 0 Å². The first kappa shape index (κ1) is 13.6. The van der Waals surface area contributed by atoms with Crippen molar-refractivity contribution in [2.45, 2.75) is 18.8 Å². The first-order valence-electron chi connectivity index (χ1n) is 6.34. The molecular formula is C13H12F3N5. The van der Waals surface area contributed by atoms with Crippen LogP contribution in [0.4, 0.5) is 30.5 Å². The maximum Gasteiger partial charge on any atom is 0.194 e. The van der Waals surface area contributed by atoms with Crippen LogP contribution in [0, 0.1) is 17.5 Å². The van der Waals surface area contributed by atoms with Gasteiger partial charge >= 0.3 is 0 Å². The minimum absolute atomic E-state index is 0.0508. The van der Waals surface area contributed by atoms with E-state index < -0.39 is 17.5 Å². The first-order chi connectivity index (χ1) is 10.1. The van der Waals surface area contributed by atoms with Gasteiger partial charge in [-0.15, -0.1) is 0 Å². The van der Waals surface area contributed by atoms with E-state index in [-0.39, 0.29) is 11.6 Å². The van der Waals surface area contributed by atoms with Crippen molar-refractivity contribution in [1.29, 1.82) is 0 Å². The summed E-state index contributed by atoms with van der Waals surface area (Å²) in [5.41, 5.74) is 2.46. The Balaban J connectivity index is 1.92. The number of aromatic nitrogens is 2. The zero-order valence-electron chi connectivity index (χ0n) is 10.8. The highest BCUT2D eigenvalue weighted by Gasteiger charge is 2.27. The molecule has 0 unspecified atom stereocenters. The van der Waals surface area contributed by atoms with E-state index in [1.54, 1.807) is 0 Å². The van der Waals surface area contributed by atoms with Crippen molar-refractivity contribution in [3.63, 3.8) is 0 Å². The third kappa shape index (κ3) is 2.89. The van der Waals surface area contributed by atoms with E-state index in [0.29, 0.717) is 17.5 Å². The van der Waals surface area contributed by atoms with Crippen LogP contribution in [0.2, 0.25) is 0 Å². The summed E-state index contributed by atoms with van der Waals surface area (Å²) >= 11 is 0. The fourth-order valence-electron chi connectivity index (χ4n) is 1.90. The number of hydrazine groups is 1. The molecule has 0 bridgehead atoms. The number of halogens is 3. The number of rotatable bonds is 4. The van der Waals surface area contributed by atoms with Gasteiger partial charge in [0.25, 0.3) is 0 Å². The normalized spacial score (nSPS) is 14.1. The summed E-state index contributed by atoms with van der Waals surface area (Å²) in [7, 11) is 0. The molecule has 0 radical (unpaired) electrons. The highest BCUT2D eigenvalue weighted by atomic mass is 19.2. The topological polar surface area (TPSA) is 75.9 Å². The monoisotopic (exact) mass is 295 g/mol. The van der Waals surface area contributed by atoms with Crippen LogP contribution >= 0.6 is 0 Å². The van der Waals surface area contributed by atoms with Crippen molar-refractivity contribution in [2.75, 3.05) is 10.7 Å². The molecule has 1 aliphatic rings. The second-order valence-corrected chi connectivity index (χ2v) is 4.79. The predicted octanol–water partition coefficient (Wildman–Crippen LogP) is 2.80. The van der Waals surface area contributed by atoms with Gasteiger partial charge < -0.3 is 10.7 Å². The summed E-state index contributed by atoms with van der Waals surface area (Å²) < 4.78 is 39.3. The van der Waals surface area contributed by atoms with Crippen molar-refractivity contribution >= 4 is 17.3 Å². The van der Waals surface area contributed by atoms with Gasteiger partial charge in [-0.2, -0.15) is 0 Å². The Morgan fingerprint density at radius 3 is 2.19 bits per heavy atom. The van der Waals surface area contributed by atoms with Crippen molar-refractivity contribution in [3.8, 4) is 0 Å². The summed E-state index contributed by atoms with van der Waals surface area (Å²) in [5.74, 6) is 2.88. The van der Waals surface area contributed by atoms with E-state index in [4.69, 9.17) is 5.84 Å². The minimum Gasteiger partial charge on any atom is -0.340 e. The Hall–Kier alpha value is -2.35. The molecule has 2 aromatic rings. The van der Waals surface area contributed by atoms with Gasteiger partial charge in [0.1, 0.15) is 17.5 Å². The molecular weight excluding hydrogens is 283 g/mol. The molecule has 21 heavy (non-hydrogen) atoms. The second-order valence-electron chi connectivity index (χ2n) is 4.79. The number of nitrogens with one attached hydrogen (secondary N) is 2. The molecule has 3 rings (SSSR count). The van der Waals surface area contributed by atoms with Crippen molar-refractivity contribution in [1.82, 2.24) is 9.97 Å². The van der Waals surface area contributed by atoms with Crippen LogP contribution in [0.1, 0.15) is 24.6 Å². The molecule has 1 fully saturated rings. The Bertz CT molecular complexity index is 664. The Kier molecular flexibility index (Phi) is 3.38. The summed E-state index contributed by atoms with van der Waals surface area (Å²) in [6.07, 6.45) is 1.99. The second kappa shape index (κ2) is 5.21. The van der Waals surface area contributed by atoms with Crippen molar-refractivity contribution in [2.24, 2.45) is 5.84 Å². The van der Waals surface area contributed by atoms with E-state index in [9.17, 15) is 13.2 Å². The molecule has 5 nitrogen and oxygen atoms in total. The Morgan fingerprint density at radius 1 is 1.00 bits per heavy atom. The molecule has 1 saturated carbocycles. The first-order valence-corrected chi connectivity index (χ1v) is 6.34. The fourth-order valence-corrected chi connectivity index (χ4v) is 1.90. The molecule has 1 aliphatic carbocycles. The molecule has 0 amide bonds. The molecule has 1 aromatic heterocycles. The van der Waals surface area contributed by atoms with Crippen LogP contribution in [-0.4, -0.2) is 9.97 Å². The third-order valence-corrected chi connectivity index (χ3v) is 3.09. The van der Waals surface area contributed by atoms with Gasteiger partial charge in [0.15, 0.2) is 17.5 Å². The van der Waals surface area contributed by atoms with Gasteiger partial charge in [0.05, 0.1) is 0 Å². The Labute approximate surface area is 118 Å². The number of benzene rings is 1. The average molecular weight is 295 g/mol. The lowest BCUT2D eigenvalue weighted by Crippen LogP contribution is -2.11. The lowest BCUT2D eigenvalue weighted by atomic mass is 10.3. The van der Waals surface area contributed by atoms with Gasteiger partial charge in [-0.25, -0.2) is 29.0 Å². The average Bonchev–Trinajstić information content (AvgIpc) is 3.29. The molecule has 8 heteroatoms. The summed E-state index contributed by atoms with van der Waals surface area (Å²) in [6.45, 7) is 0. The van der Waals surface area contributed by atoms with E-state index in [0.717, 1.165) is 25.0 Å². The number of nitrogen functional groups attached to an aromatic ring is 1. The number of nitrogens with two attached hydrogens (primary N) is 1. The molecule has 0 atom stereocenters. The summed E-state index contributed by atoms with van der Waals surface area (Å²) in [4.78, 5) is 8.47. The number of hydrogen-bond acceptors (Lipinski definition) is 5. The molecule has 0 spiro atoms. The largest absolute Gasteiger partial charge is 0.340 e. The van der Waals surface area contributed by atoms with E-state index in [1.165, 1.54) is 6.07 Å². The number of anilines is 3. The highest BCUT2D eigenvalue weighted by molar-refractivity contribution is 5.59. The lowest BCUT2D eigenvalue weighted by Gasteiger charge is -2.10. The highest BCUT2D eigenvalue weighted by Crippen LogP contribution is 2.39. The standard InChI is InChI=1S/C13H12F3N5/c14-8-3-7(4-9(15)12(8)16)18-10-5-11(21-17)20-13(19-10)6-1-2-6/h3-6H,1-2,17H2,(H2,18,19,20,21). The SMILES string of the molecule is NNc1cc(Nc2cc(F)c(F)c(F)c2)nc(C2CC2)n1. The predicted molar refractivity (Wildman–Crippen MR) is 71.4 cm³/mol. The molecule has 0 aliphatic heterocycles. The number of hydrogen-bond donors (Lipinski definition) is 3. The fraction of sp³-hybridized carbons (Fsp3) is 0.231.